The summed E-state index contributed by atoms with van der Waals surface area (Å²) in [6, 6.07) is 13.7. The van der Waals surface area contributed by atoms with E-state index in [9.17, 15) is 9.36 Å². The predicted octanol–water partition coefficient (Wildman–Crippen LogP) is 6.01. The molecule has 1 saturated carbocycles. The van der Waals surface area contributed by atoms with Gasteiger partial charge in [-0.25, -0.2) is 0 Å². The molecule has 1 heterocycles. The topological polar surface area (TPSA) is 65.5 Å². The largest absolute Gasteiger partial charge is 0.459 e. The van der Waals surface area contributed by atoms with Gasteiger partial charge >= 0.3 is 5.97 Å². The van der Waals surface area contributed by atoms with Gasteiger partial charge in [-0.1, -0.05) is 29.8 Å². The molecular formula is C24H31ClNO4P. The number of rotatable bonds is 8. The van der Waals surface area contributed by atoms with Crippen LogP contribution in [-0.2, 0) is 30.5 Å². The van der Waals surface area contributed by atoms with Crippen molar-refractivity contribution in [1.82, 2.24) is 4.98 Å². The Morgan fingerprint density at radius 2 is 1.84 bits per heavy atom. The van der Waals surface area contributed by atoms with Crippen LogP contribution >= 0.6 is 19.0 Å². The summed E-state index contributed by atoms with van der Waals surface area (Å²) in [7, 11) is -3.24. The van der Waals surface area contributed by atoms with E-state index in [2.05, 4.69) is 0 Å². The zero-order chi connectivity index (χ0) is 22.9. The monoisotopic (exact) mass is 463 g/mol. The van der Waals surface area contributed by atoms with Crippen LogP contribution in [0.3, 0.4) is 0 Å². The summed E-state index contributed by atoms with van der Waals surface area (Å²) in [5.74, 6) is -0.516. The first-order valence-electron chi connectivity index (χ1n) is 10.6. The van der Waals surface area contributed by atoms with Crippen molar-refractivity contribution in [3.05, 3.63) is 64.4 Å². The van der Waals surface area contributed by atoms with Crippen LogP contribution in [0.5, 0.6) is 0 Å². The average Bonchev–Trinajstić information content (AvgIpc) is 3.47. The van der Waals surface area contributed by atoms with Crippen molar-refractivity contribution in [1.29, 1.82) is 0 Å². The number of carbonyl (C=O) groups excluding carboxylic acids is 1. The summed E-state index contributed by atoms with van der Waals surface area (Å²) in [6.45, 7) is 8.93. The van der Waals surface area contributed by atoms with E-state index in [1.807, 2.05) is 42.5 Å². The summed E-state index contributed by atoms with van der Waals surface area (Å²) in [5.41, 5.74) is 1.13. The van der Waals surface area contributed by atoms with Crippen LogP contribution in [0.4, 0.5) is 0 Å². The number of carbonyl (C=O) groups is 1. The molecule has 1 aromatic heterocycles. The molecule has 0 saturated heterocycles. The van der Waals surface area contributed by atoms with Gasteiger partial charge < -0.3 is 9.26 Å². The first-order chi connectivity index (χ1) is 14.5. The number of halogens is 1. The van der Waals surface area contributed by atoms with Gasteiger partial charge in [0.1, 0.15) is 11.3 Å². The van der Waals surface area contributed by atoms with Gasteiger partial charge in [-0.05, 0) is 70.4 Å². The Morgan fingerprint density at radius 3 is 2.39 bits per heavy atom. The molecule has 2 aromatic rings. The van der Waals surface area contributed by atoms with Crippen molar-refractivity contribution in [2.24, 2.45) is 0 Å². The summed E-state index contributed by atoms with van der Waals surface area (Å²) >= 11 is 6.06. The fourth-order valence-corrected chi connectivity index (χ4v) is 5.57. The molecule has 7 heteroatoms. The van der Waals surface area contributed by atoms with E-state index < -0.39 is 24.6 Å². The maximum atomic E-state index is 13.2. The molecule has 2 unspecified atom stereocenters. The molecule has 168 valence electrons. The highest BCUT2D eigenvalue weighted by Crippen LogP contribution is 2.53. The summed E-state index contributed by atoms with van der Waals surface area (Å²) in [6.07, 6.45) is 2.21. The molecule has 0 N–H and O–H groups in total. The quantitative estimate of drug-likeness (QED) is 0.354. The van der Waals surface area contributed by atoms with Crippen molar-refractivity contribution < 1.29 is 18.6 Å². The normalized spacial score (nSPS) is 18.1. The van der Waals surface area contributed by atoms with Gasteiger partial charge in [-0.3, -0.25) is 14.3 Å². The van der Waals surface area contributed by atoms with Gasteiger partial charge in [0.05, 0.1) is 12.3 Å². The summed E-state index contributed by atoms with van der Waals surface area (Å²) < 4.78 is 24.3. The SMILES string of the molecule is CCOP(C)(=O)C(Cc1cccc(C2(c3ccc(Cl)cc3)CC2)n1)C(=O)OC(C)(C)C. The molecule has 3 rings (SSSR count). The first-order valence-corrected chi connectivity index (χ1v) is 13.2. The van der Waals surface area contributed by atoms with Gasteiger partial charge in [0.2, 0.25) is 7.37 Å². The fourth-order valence-electron chi connectivity index (χ4n) is 3.80. The van der Waals surface area contributed by atoms with E-state index in [0.717, 1.165) is 18.5 Å². The maximum Gasteiger partial charge on any atom is 0.319 e. The lowest BCUT2D eigenvalue weighted by Gasteiger charge is -2.27. The van der Waals surface area contributed by atoms with Crippen molar-refractivity contribution in [3.8, 4) is 0 Å². The minimum absolute atomic E-state index is 0.127. The molecule has 0 aliphatic heterocycles. The van der Waals surface area contributed by atoms with Gasteiger partial charge in [0, 0.05) is 29.2 Å². The second-order valence-corrected chi connectivity index (χ2v) is 12.3. The van der Waals surface area contributed by atoms with Crippen LogP contribution in [-0.4, -0.2) is 35.5 Å². The zero-order valence-electron chi connectivity index (χ0n) is 18.9. The van der Waals surface area contributed by atoms with Crippen LogP contribution in [0.25, 0.3) is 0 Å². The summed E-state index contributed by atoms with van der Waals surface area (Å²) in [4.78, 5) is 17.8. The Bertz CT molecular complexity index is 980. The third-order valence-electron chi connectivity index (χ3n) is 5.48. The Morgan fingerprint density at radius 1 is 1.19 bits per heavy atom. The molecule has 5 nitrogen and oxygen atoms in total. The molecule has 0 spiro atoms. The molecule has 0 bridgehead atoms. The van der Waals surface area contributed by atoms with Crippen molar-refractivity contribution in [2.75, 3.05) is 13.3 Å². The molecule has 0 radical (unpaired) electrons. The average molecular weight is 464 g/mol. The zero-order valence-corrected chi connectivity index (χ0v) is 20.5. The third-order valence-corrected chi connectivity index (χ3v) is 8.03. The van der Waals surface area contributed by atoms with E-state index in [1.165, 1.54) is 12.2 Å². The van der Waals surface area contributed by atoms with Crippen molar-refractivity contribution >= 4 is 24.9 Å². The third kappa shape index (κ3) is 5.77. The highest BCUT2D eigenvalue weighted by atomic mass is 35.5. The number of pyridine rings is 1. The Balaban J connectivity index is 1.90. The van der Waals surface area contributed by atoms with Crippen LogP contribution < -0.4 is 0 Å². The van der Waals surface area contributed by atoms with Gasteiger partial charge in [-0.15, -0.1) is 0 Å². The highest BCUT2D eigenvalue weighted by molar-refractivity contribution is 7.60. The number of hydrogen-bond acceptors (Lipinski definition) is 5. The van der Waals surface area contributed by atoms with E-state index >= 15 is 0 Å². The minimum Gasteiger partial charge on any atom is -0.459 e. The number of ether oxygens (including phenoxy) is 1. The molecule has 2 atom stereocenters. The Kier molecular flexibility index (Phi) is 7.00. The smallest absolute Gasteiger partial charge is 0.319 e. The molecular weight excluding hydrogens is 433 g/mol. The predicted molar refractivity (Wildman–Crippen MR) is 124 cm³/mol. The number of esters is 1. The van der Waals surface area contributed by atoms with Crippen LogP contribution in [0.1, 0.15) is 57.5 Å². The number of aromatic nitrogens is 1. The number of hydrogen-bond donors (Lipinski definition) is 0. The Hall–Kier alpha value is -1.68. The Labute approximate surface area is 190 Å². The van der Waals surface area contributed by atoms with Gasteiger partial charge in [-0.2, -0.15) is 0 Å². The highest BCUT2D eigenvalue weighted by Gasteiger charge is 2.47. The molecule has 1 aliphatic carbocycles. The van der Waals surface area contributed by atoms with E-state index in [0.29, 0.717) is 10.7 Å². The van der Waals surface area contributed by atoms with Crippen LogP contribution in [0, 0.1) is 0 Å². The second kappa shape index (κ2) is 9.05. The van der Waals surface area contributed by atoms with Crippen LogP contribution in [0.15, 0.2) is 42.5 Å². The minimum atomic E-state index is -3.24. The van der Waals surface area contributed by atoms with Crippen molar-refractivity contribution in [3.63, 3.8) is 0 Å². The molecule has 1 aromatic carbocycles. The van der Waals surface area contributed by atoms with E-state index in [4.69, 9.17) is 25.8 Å². The van der Waals surface area contributed by atoms with E-state index in [1.54, 1.807) is 27.7 Å². The lowest BCUT2D eigenvalue weighted by atomic mass is 9.91. The van der Waals surface area contributed by atoms with Crippen LogP contribution in [0.2, 0.25) is 5.02 Å². The molecule has 31 heavy (non-hydrogen) atoms. The van der Waals surface area contributed by atoms with Gasteiger partial charge in [0.25, 0.3) is 0 Å². The number of benzene rings is 1. The second-order valence-electron chi connectivity index (χ2n) is 9.18. The standard InChI is InChI=1S/C24H31ClNO4P/c1-6-29-31(5,28)20(22(27)30-23(2,3)4)16-19-8-7-9-21(26-19)24(14-15-24)17-10-12-18(25)13-11-17/h7-13,20H,6,14-16H2,1-5H3. The molecule has 0 amide bonds. The maximum absolute atomic E-state index is 13.2. The lowest BCUT2D eigenvalue weighted by molar-refractivity contribution is -0.154. The fraction of sp³-hybridized carbons (Fsp3) is 0.500. The number of nitrogens with zero attached hydrogens (tertiary/aromatic N) is 1. The summed E-state index contributed by atoms with van der Waals surface area (Å²) in [5, 5.41) is 0.705. The molecule has 1 fully saturated rings. The van der Waals surface area contributed by atoms with Crippen molar-refractivity contribution in [2.45, 2.75) is 63.6 Å². The van der Waals surface area contributed by atoms with Gasteiger partial charge in [0.15, 0.2) is 0 Å². The van der Waals surface area contributed by atoms with E-state index in [-0.39, 0.29) is 18.4 Å². The molecule has 1 aliphatic rings. The lowest BCUT2D eigenvalue weighted by Crippen LogP contribution is -2.33. The first kappa shape index (κ1) is 24.0.